The van der Waals surface area contributed by atoms with Crippen LogP contribution in [0.25, 0.3) is 5.57 Å². The normalized spacial score (nSPS) is 19.8. The van der Waals surface area contributed by atoms with E-state index in [1.807, 2.05) is 6.07 Å². The predicted molar refractivity (Wildman–Crippen MR) is 57.3 cm³/mol. The molecule has 66 valence electrons. The number of alkyl halides is 1. The zero-order chi connectivity index (χ0) is 9.42. The van der Waals surface area contributed by atoms with E-state index in [0.29, 0.717) is 5.57 Å². The summed E-state index contributed by atoms with van der Waals surface area (Å²) in [5.74, 6) is 0. The zero-order valence-corrected chi connectivity index (χ0v) is 9.50. The topological polar surface area (TPSA) is 35.8 Å². The second-order valence-electron chi connectivity index (χ2n) is 2.53. The van der Waals surface area contributed by atoms with Gasteiger partial charge >= 0.3 is 0 Å². The van der Waals surface area contributed by atoms with Crippen LogP contribution >= 0.6 is 38.9 Å². The number of halogens is 2. The molecule has 2 nitrogen and oxygen atoms in total. The van der Waals surface area contributed by atoms with Gasteiger partial charge in [0.2, 0.25) is 0 Å². The SMILES string of the molecule is N#CC1=CNC(Cl)c2cc(Br)sc21. The molecule has 0 aliphatic carbocycles. The van der Waals surface area contributed by atoms with Crippen molar-refractivity contribution in [3.05, 3.63) is 26.5 Å². The molecule has 0 saturated heterocycles. The number of hydrogen-bond acceptors (Lipinski definition) is 3. The summed E-state index contributed by atoms with van der Waals surface area (Å²) < 4.78 is 0.994. The Hall–Kier alpha value is -0.500. The van der Waals surface area contributed by atoms with Crippen LogP contribution in [0.2, 0.25) is 0 Å². The van der Waals surface area contributed by atoms with Gasteiger partial charge in [0.1, 0.15) is 11.6 Å². The molecule has 2 rings (SSSR count). The van der Waals surface area contributed by atoms with Crippen molar-refractivity contribution >= 4 is 44.4 Å². The van der Waals surface area contributed by atoms with Gasteiger partial charge in [0.05, 0.1) is 14.2 Å². The molecule has 0 aromatic carbocycles. The van der Waals surface area contributed by atoms with E-state index in [4.69, 9.17) is 16.9 Å². The maximum absolute atomic E-state index is 8.82. The number of nitriles is 1. The van der Waals surface area contributed by atoms with Crippen molar-refractivity contribution in [3.63, 3.8) is 0 Å². The van der Waals surface area contributed by atoms with Crippen LogP contribution < -0.4 is 5.32 Å². The molecule has 1 unspecified atom stereocenters. The minimum Gasteiger partial charge on any atom is -0.370 e. The molecule has 1 N–H and O–H groups in total. The number of allylic oxidation sites excluding steroid dienone is 1. The fourth-order valence-corrected chi connectivity index (χ4v) is 3.09. The van der Waals surface area contributed by atoms with Crippen LogP contribution in [0.1, 0.15) is 15.9 Å². The molecule has 1 aromatic heterocycles. The summed E-state index contributed by atoms with van der Waals surface area (Å²) in [4.78, 5) is 0.952. The number of rotatable bonds is 0. The number of fused-ring (bicyclic) bond motifs is 1. The Morgan fingerprint density at radius 1 is 1.69 bits per heavy atom. The first kappa shape index (κ1) is 9.07. The summed E-state index contributed by atoms with van der Waals surface area (Å²) in [7, 11) is 0. The zero-order valence-electron chi connectivity index (χ0n) is 6.34. The number of nitrogens with zero attached hydrogens (tertiary/aromatic N) is 1. The lowest BCUT2D eigenvalue weighted by Gasteiger charge is -2.15. The van der Waals surface area contributed by atoms with Gasteiger partial charge in [0.15, 0.2) is 0 Å². The van der Waals surface area contributed by atoms with E-state index in [-0.39, 0.29) is 5.50 Å². The van der Waals surface area contributed by atoms with Crippen molar-refractivity contribution in [1.29, 1.82) is 5.26 Å². The van der Waals surface area contributed by atoms with Gasteiger partial charge in [-0.1, -0.05) is 11.6 Å². The Morgan fingerprint density at radius 3 is 3.15 bits per heavy atom. The maximum atomic E-state index is 8.82. The average Bonchev–Trinajstić information content (AvgIpc) is 2.48. The fraction of sp³-hybridized carbons (Fsp3) is 0.125. The average molecular weight is 276 g/mol. The van der Waals surface area contributed by atoms with Crippen LogP contribution in [0.15, 0.2) is 16.1 Å². The van der Waals surface area contributed by atoms with Gasteiger partial charge in [-0.3, -0.25) is 0 Å². The summed E-state index contributed by atoms with van der Waals surface area (Å²) in [6.45, 7) is 0. The summed E-state index contributed by atoms with van der Waals surface area (Å²) in [6, 6.07) is 4.06. The molecular weight excluding hydrogens is 272 g/mol. The molecule has 0 fully saturated rings. The van der Waals surface area contributed by atoms with Crippen LogP contribution in [0, 0.1) is 11.3 Å². The highest BCUT2D eigenvalue weighted by atomic mass is 79.9. The Labute approximate surface area is 92.9 Å². The first-order chi connectivity index (χ1) is 6.22. The van der Waals surface area contributed by atoms with Gasteiger partial charge in [-0.15, -0.1) is 11.3 Å². The van der Waals surface area contributed by atoms with Crippen molar-refractivity contribution in [2.75, 3.05) is 0 Å². The third kappa shape index (κ3) is 1.48. The maximum Gasteiger partial charge on any atom is 0.128 e. The highest BCUT2D eigenvalue weighted by Gasteiger charge is 2.21. The summed E-state index contributed by atoms with van der Waals surface area (Å²) in [5, 5.41) is 11.7. The second kappa shape index (κ2) is 3.33. The van der Waals surface area contributed by atoms with E-state index >= 15 is 0 Å². The van der Waals surface area contributed by atoms with E-state index in [9.17, 15) is 0 Å². The molecule has 0 saturated carbocycles. The van der Waals surface area contributed by atoms with Gasteiger partial charge < -0.3 is 5.32 Å². The molecule has 0 bridgehead atoms. The molecule has 1 atom stereocenters. The quantitative estimate of drug-likeness (QED) is 0.583. The number of hydrogen-bond donors (Lipinski definition) is 1. The Balaban J connectivity index is 2.59. The van der Waals surface area contributed by atoms with Gasteiger partial charge in [-0.25, -0.2) is 0 Å². The third-order valence-electron chi connectivity index (χ3n) is 1.74. The Kier molecular flexibility index (Phi) is 2.33. The highest BCUT2D eigenvalue weighted by Crippen LogP contribution is 2.39. The second-order valence-corrected chi connectivity index (χ2v) is 5.40. The summed E-state index contributed by atoms with van der Waals surface area (Å²) in [5.41, 5.74) is 1.38. The number of nitrogens with one attached hydrogen (secondary N) is 1. The lowest BCUT2D eigenvalue weighted by Crippen LogP contribution is -2.14. The van der Waals surface area contributed by atoms with Crippen molar-refractivity contribution in [2.24, 2.45) is 0 Å². The minimum absolute atomic E-state index is 0.227. The minimum atomic E-state index is -0.227. The molecular formula is C8H4BrClN2S. The third-order valence-corrected chi connectivity index (χ3v) is 3.79. The van der Waals surface area contributed by atoms with Crippen LogP contribution in [-0.2, 0) is 0 Å². The van der Waals surface area contributed by atoms with Gasteiger partial charge in [0, 0.05) is 11.8 Å². The highest BCUT2D eigenvalue weighted by molar-refractivity contribution is 9.11. The fourth-order valence-electron chi connectivity index (χ4n) is 1.17. The molecule has 1 aliphatic heterocycles. The molecule has 0 spiro atoms. The van der Waals surface area contributed by atoms with Crippen molar-refractivity contribution < 1.29 is 0 Å². The van der Waals surface area contributed by atoms with E-state index in [0.717, 1.165) is 14.2 Å². The van der Waals surface area contributed by atoms with Crippen LogP contribution in [0.5, 0.6) is 0 Å². The van der Waals surface area contributed by atoms with E-state index in [2.05, 4.69) is 27.3 Å². The predicted octanol–water partition coefficient (Wildman–Crippen LogP) is 3.22. The Morgan fingerprint density at radius 2 is 2.46 bits per heavy atom. The molecule has 0 radical (unpaired) electrons. The standard InChI is InChI=1S/C8H4BrClN2S/c9-6-1-5-7(13-6)4(2-11)3-12-8(5)10/h1,3,8,12H. The van der Waals surface area contributed by atoms with Crippen molar-refractivity contribution in [2.45, 2.75) is 5.50 Å². The van der Waals surface area contributed by atoms with E-state index < -0.39 is 0 Å². The smallest absolute Gasteiger partial charge is 0.128 e. The molecule has 2 heterocycles. The first-order valence-corrected chi connectivity index (χ1v) is 5.57. The lowest BCUT2D eigenvalue weighted by molar-refractivity contribution is 0.823. The van der Waals surface area contributed by atoms with E-state index in [1.54, 1.807) is 6.20 Å². The lowest BCUT2D eigenvalue weighted by atomic mass is 10.1. The van der Waals surface area contributed by atoms with Crippen molar-refractivity contribution in [1.82, 2.24) is 5.32 Å². The molecule has 1 aromatic rings. The van der Waals surface area contributed by atoms with Crippen LogP contribution in [0.4, 0.5) is 0 Å². The summed E-state index contributed by atoms with van der Waals surface area (Å²) in [6.07, 6.45) is 1.66. The molecule has 1 aliphatic rings. The van der Waals surface area contributed by atoms with Gasteiger partial charge in [-0.05, 0) is 22.0 Å². The van der Waals surface area contributed by atoms with Crippen LogP contribution in [-0.4, -0.2) is 0 Å². The molecule has 5 heteroatoms. The van der Waals surface area contributed by atoms with Crippen molar-refractivity contribution in [3.8, 4) is 6.07 Å². The molecule has 0 amide bonds. The first-order valence-electron chi connectivity index (χ1n) is 3.52. The largest absolute Gasteiger partial charge is 0.370 e. The summed E-state index contributed by atoms with van der Waals surface area (Å²) >= 11 is 10.9. The monoisotopic (exact) mass is 274 g/mol. The van der Waals surface area contributed by atoms with E-state index in [1.165, 1.54) is 11.3 Å². The van der Waals surface area contributed by atoms with Gasteiger partial charge in [0.25, 0.3) is 0 Å². The van der Waals surface area contributed by atoms with Crippen LogP contribution in [0.3, 0.4) is 0 Å². The van der Waals surface area contributed by atoms with Gasteiger partial charge in [-0.2, -0.15) is 5.26 Å². The number of thiophene rings is 1. The Bertz CT molecular complexity index is 418. The molecule has 13 heavy (non-hydrogen) atoms.